The van der Waals surface area contributed by atoms with Crippen LogP contribution in [0.5, 0.6) is 5.75 Å². The van der Waals surface area contributed by atoms with E-state index in [1.54, 1.807) is 18.4 Å². The number of ether oxygens (including phenoxy) is 1. The van der Waals surface area contributed by atoms with Crippen molar-refractivity contribution < 1.29 is 4.74 Å². The number of aryl methyl sites for hydroxylation is 2. The van der Waals surface area contributed by atoms with Gasteiger partial charge in [-0.2, -0.15) is 0 Å². The Morgan fingerprint density at radius 1 is 1.39 bits per heavy atom. The van der Waals surface area contributed by atoms with E-state index >= 15 is 0 Å². The molecule has 0 bridgehead atoms. The number of nitrogens with one attached hydrogen (secondary N) is 1. The number of hydrogen-bond acceptors (Lipinski definition) is 4. The third-order valence-corrected chi connectivity index (χ3v) is 4.69. The average Bonchev–Trinajstić information content (AvgIpc) is 2.77. The van der Waals surface area contributed by atoms with Crippen molar-refractivity contribution in [1.29, 1.82) is 0 Å². The Kier molecular flexibility index (Phi) is 4.60. The van der Waals surface area contributed by atoms with Crippen molar-refractivity contribution in [3.8, 4) is 5.75 Å². The van der Waals surface area contributed by atoms with Gasteiger partial charge in [-0.25, -0.2) is 4.98 Å². The van der Waals surface area contributed by atoms with Gasteiger partial charge in [0.05, 0.1) is 7.11 Å². The molecule has 0 aliphatic heterocycles. The zero-order valence-electron chi connectivity index (χ0n) is 10.4. The third kappa shape index (κ3) is 3.23. The molecule has 1 aromatic carbocycles. The average molecular weight is 327 g/mol. The van der Waals surface area contributed by atoms with E-state index in [0.29, 0.717) is 0 Å². The molecule has 18 heavy (non-hydrogen) atoms. The number of aromatic nitrogens is 1. The van der Waals surface area contributed by atoms with Crippen molar-refractivity contribution in [2.24, 2.45) is 0 Å². The molecule has 0 amide bonds. The van der Waals surface area contributed by atoms with Gasteiger partial charge in [0, 0.05) is 11.9 Å². The van der Waals surface area contributed by atoms with E-state index < -0.39 is 0 Å². The van der Waals surface area contributed by atoms with Gasteiger partial charge in [0.2, 0.25) is 0 Å². The van der Waals surface area contributed by atoms with Crippen LogP contribution in [0.15, 0.2) is 28.9 Å². The molecule has 2 aromatic rings. The summed E-state index contributed by atoms with van der Waals surface area (Å²) >= 11 is 5.18. The van der Waals surface area contributed by atoms with Gasteiger partial charge in [-0.3, -0.25) is 0 Å². The summed E-state index contributed by atoms with van der Waals surface area (Å²) < 4.78 is 6.17. The molecule has 0 atom stereocenters. The first-order valence-corrected chi connectivity index (χ1v) is 7.29. The van der Waals surface area contributed by atoms with Crippen LogP contribution in [0.3, 0.4) is 0 Å². The first-order chi connectivity index (χ1) is 8.72. The molecule has 0 unspecified atom stereocenters. The number of benzene rings is 1. The molecule has 0 aliphatic rings. The Morgan fingerprint density at radius 2 is 2.22 bits per heavy atom. The molecular formula is C13H15BrN2OS. The second kappa shape index (κ2) is 6.20. The Hall–Kier alpha value is -1.07. The molecule has 0 aliphatic carbocycles. The smallest absolute Gasteiger partial charge is 0.183 e. The zero-order chi connectivity index (χ0) is 13.0. The molecule has 96 valence electrons. The van der Waals surface area contributed by atoms with Crippen molar-refractivity contribution >= 4 is 32.4 Å². The van der Waals surface area contributed by atoms with Crippen LogP contribution in [0, 0.1) is 0 Å². The normalized spacial score (nSPS) is 10.4. The van der Waals surface area contributed by atoms with E-state index in [2.05, 4.69) is 38.4 Å². The fourth-order valence-electron chi connectivity index (χ4n) is 1.68. The summed E-state index contributed by atoms with van der Waals surface area (Å²) in [5.41, 5.74) is 1.28. The van der Waals surface area contributed by atoms with Gasteiger partial charge in [-0.05, 0) is 46.5 Å². The van der Waals surface area contributed by atoms with Crippen LogP contribution in [0.4, 0.5) is 5.13 Å². The highest BCUT2D eigenvalue weighted by atomic mass is 79.9. The van der Waals surface area contributed by atoms with Crippen molar-refractivity contribution in [3.05, 3.63) is 39.3 Å². The fraction of sp³-hybridized carbons (Fsp3) is 0.308. The SMILES string of the molecule is CNc1nc(Br)c(CCc2cccc(OC)c2)s1. The van der Waals surface area contributed by atoms with Crippen LogP contribution in [0.2, 0.25) is 0 Å². The fourth-order valence-corrected chi connectivity index (χ4v) is 3.22. The lowest BCUT2D eigenvalue weighted by molar-refractivity contribution is 0.414. The molecule has 1 aromatic heterocycles. The number of hydrogen-bond donors (Lipinski definition) is 1. The number of nitrogens with zero attached hydrogens (tertiary/aromatic N) is 1. The Morgan fingerprint density at radius 3 is 2.89 bits per heavy atom. The van der Waals surface area contributed by atoms with Crippen LogP contribution < -0.4 is 10.1 Å². The number of rotatable bonds is 5. The van der Waals surface area contributed by atoms with Crippen molar-refractivity contribution in [1.82, 2.24) is 4.98 Å². The van der Waals surface area contributed by atoms with Crippen LogP contribution in [0.25, 0.3) is 0 Å². The van der Waals surface area contributed by atoms with Crippen molar-refractivity contribution in [3.63, 3.8) is 0 Å². The van der Waals surface area contributed by atoms with E-state index in [1.807, 2.05) is 19.2 Å². The van der Waals surface area contributed by atoms with E-state index in [9.17, 15) is 0 Å². The van der Waals surface area contributed by atoms with E-state index in [4.69, 9.17) is 4.74 Å². The molecule has 1 heterocycles. The van der Waals surface area contributed by atoms with Crippen LogP contribution >= 0.6 is 27.3 Å². The topological polar surface area (TPSA) is 34.2 Å². The second-order valence-electron chi connectivity index (χ2n) is 3.83. The summed E-state index contributed by atoms with van der Waals surface area (Å²) in [5, 5.41) is 4.01. The van der Waals surface area contributed by atoms with Gasteiger partial charge in [-0.1, -0.05) is 12.1 Å². The second-order valence-corrected chi connectivity index (χ2v) is 5.67. The lowest BCUT2D eigenvalue weighted by atomic mass is 10.1. The highest BCUT2D eigenvalue weighted by Crippen LogP contribution is 2.28. The maximum atomic E-state index is 5.22. The standard InChI is InChI=1S/C13H15BrN2OS/c1-15-13-16-12(14)11(18-13)7-6-9-4-3-5-10(8-9)17-2/h3-5,8H,6-7H2,1-2H3,(H,15,16). The first kappa shape index (κ1) is 13.4. The van der Waals surface area contributed by atoms with Crippen LogP contribution in [-0.2, 0) is 12.8 Å². The minimum absolute atomic E-state index is 0.909. The maximum Gasteiger partial charge on any atom is 0.183 e. The molecular weight excluding hydrogens is 312 g/mol. The zero-order valence-corrected chi connectivity index (χ0v) is 12.8. The van der Waals surface area contributed by atoms with Crippen molar-refractivity contribution in [2.45, 2.75) is 12.8 Å². The summed E-state index contributed by atoms with van der Waals surface area (Å²) in [4.78, 5) is 5.64. The molecule has 0 saturated carbocycles. The van der Waals surface area contributed by atoms with Gasteiger partial charge in [0.1, 0.15) is 10.4 Å². The summed E-state index contributed by atoms with van der Waals surface area (Å²) in [6.07, 6.45) is 1.97. The largest absolute Gasteiger partial charge is 0.497 e. The van der Waals surface area contributed by atoms with E-state index in [0.717, 1.165) is 28.3 Å². The van der Waals surface area contributed by atoms with Gasteiger partial charge in [0.15, 0.2) is 5.13 Å². The van der Waals surface area contributed by atoms with Gasteiger partial charge < -0.3 is 10.1 Å². The summed E-state index contributed by atoms with van der Waals surface area (Å²) in [6.45, 7) is 0. The van der Waals surface area contributed by atoms with Crippen LogP contribution in [-0.4, -0.2) is 19.1 Å². The van der Waals surface area contributed by atoms with Gasteiger partial charge in [0.25, 0.3) is 0 Å². The number of thiazole rings is 1. The van der Waals surface area contributed by atoms with E-state index in [1.165, 1.54) is 10.4 Å². The number of halogens is 1. The molecule has 5 heteroatoms. The lowest BCUT2D eigenvalue weighted by Crippen LogP contribution is -1.91. The summed E-state index contributed by atoms with van der Waals surface area (Å²) in [5.74, 6) is 0.909. The quantitative estimate of drug-likeness (QED) is 0.908. The maximum absolute atomic E-state index is 5.22. The lowest BCUT2D eigenvalue weighted by Gasteiger charge is -2.03. The third-order valence-electron chi connectivity index (χ3n) is 2.64. The molecule has 0 spiro atoms. The number of anilines is 1. The highest BCUT2D eigenvalue weighted by molar-refractivity contribution is 9.10. The minimum Gasteiger partial charge on any atom is -0.497 e. The Labute approximate surface area is 119 Å². The first-order valence-electron chi connectivity index (χ1n) is 5.69. The summed E-state index contributed by atoms with van der Waals surface area (Å²) in [7, 11) is 3.58. The van der Waals surface area contributed by atoms with Crippen molar-refractivity contribution in [2.75, 3.05) is 19.5 Å². The number of methoxy groups -OCH3 is 1. The molecule has 0 saturated heterocycles. The van der Waals surface area contributed by atoms with Gasteiger partial charge in [-0.15, -0.1) is 11.3 Å². The molecule has 1 N–H and O–H groups in total. The van der Waals surface area contributed by atoms with Gasteiger partial charge >= 0.3 is 0 Å². The summed E-state index contributed by atoms with van der Waals surface area (Å²) in [6, 6.07) is 8.19. The highest BCUT2D eigenvalue weighted by Gasteiger charge is 2.08. The predicted octanol–water partition coefficient (Wildman–Crippen LogP) is 3.74. The Bertz CT molecular complexity index is 527. The molecule has 3 nitrogen and oxygen atoms in total. The Balaban J connectivity index is 2.03. The monoisotopic (exact) mass is 326 g/mol. The molecule has 2 rings (SSSR count). The molecule has 0 radical (unpaired) electrons. The van der Waals surface area contributed by atoms with E-state index in [-0.39, 0.29) is 0 Å². The molecule has 0 fully saturated rings. The predicted molar refractivity (Wildman–Crippen MR) is 79.8 cm³/mol. The minimum atomic E-state index is 0.909. The van der Waals surface area contributed by atoms with Crippen LogP contribution in [0.1, 0.15) is 10.4 Å².